The molecule has 0 aliphatic heterocycles. The van der Waals surface area contributed by atoms with E-state index in [1.807, 2.05) is 78.1 Å². The van der Waals surface area contributed by atoms with Crippen LogP contribution in [0.1, 0.15) is 96.9 Å². The summed E-state index contributed by atoms with van der Waals surface area (Å²) in [6.45, 7) is 17.8. The third-order valence-electron chi connectivity index (χ3n) is 18.0. The maximum atomic E-state index is 18.9. The molecule has 4 aliphatic rings. The van der Waals surface area contributed by atoms with E-state index in [0.717, 1.165) is 80.9 Å². The molecule has 1 aromatic heterocycles. The predicted octanol–water partition coefficient (Wildman–Crippen LogP) is 21.9. The molecule has 0 bridgehead atoms. The summed E-state index contributed by atoms with van der Waals surface area (Å²) in [5, 5.41) is 4.84. The Labute approximate surface area is 493 Å². The fourth-order valence-corrected chi connectivity index (χ4v) is 14.8. The van der Waals surface area contributed by atoms with E-state index in [2.05, 4.69) is 216 Å². The Morgan fingerprint density at radius 2 is 1.25 bits per heavy atom. The minimum atomic E-state index is -1.77. The Morgan fingerprint density at radius 1 is 0.614 bits per heavy atom. The van der Waals surface area contributed by atoms with Crippen LogP contribution < -0.4 is 4.90 Å². The number of fused-ring (bicyclic) bond motifs is 8. The monoisotopic (exact) mass is 1110 g/mol. The Kier molecular flexibility index (Phi) is 13.9. The number of hydrogen-bond acceptors (Lipinski definition) is 3. The van der Waals surface area contributed by atoms with Gasteiger partial charge in [-0.15, -0.1) is 11.3 Å². The lowest BCUT2D eigenvalue weighted by Crippen LogP contribution is -2.50. The van der Waals surface area contributed by atoms with Crippen molar-refractivity contribution in [1.82, 2.24) is 4.90 Å². The lowest BCUT2D eigenvalue weighted by atomic mass is 9.75. The number of allylic oxidation sites excluding steroid dienone is 9. The highest BCUT2D eigenvalue weighted by molar-refractivity contribution is 7.26. The van der Waals surface area contributed by atoms with E-state index < -0.39 is 11.7 Å². The van der Waals surface area contributed by atoms with Crippen molar-refractivity contribution < 1.29 is 8.78 Å². The van der Waals surface area contributed by atoms with E-state index in [4.69, 9.17) is 0 Å². The van der Waals surface area contributed by atoms with Gasteiger partial charge in [-0.2, -0.15) is 0 Å². The molecule has 0 fully saturated rings. The first-order valence-electron chi connectivity index (χ1n) is 29.7. The molecule has 5 heteroatoms. The van der Waals surface area contributed by atoms with E-state index >= 15 is 8.78 Å². The van der Waals surface area contributed by atoms with Crippen LogP contribution in [0.2, 0.25) is 0 Å². The maximum absolute atomic E-state index is 18.9. The highest BCUT2D eigenvalue weighted by Gasteiger charge is 2.46. The van der Waals surface area contributed by atoms with Crippen molar-refractivity contribution in [2.45, 2.75) is 98.8 Å². The van der Waals surface area contributed by atoms with Crippen LogP contribution in [0.25, 0.3) is 70.4 Å². The molecule has 83 heavy (non-hydrogen) atoms. The minimum absolute atomic E-state index is 0.0107. The first kappa shape index (κ1) is 54.1. The average molecular weight is 1110 g/mol. The van der Waals surface area contributed by atoms with E-state index in [9.17, 15) is 0 Å². The number of rotatable bonds is 10. The van der Waals surface area contributed by atoms with Crippen molar-refractivity contribution in [3.63, 3.8) is 0 Å². The summed E-state index contributed by atoms with van der Waals surface area (Å²) in [6, 6.07) is 59.9. The fraction of sp³-hybridized carbons (Fsp3) is 0.231. The van der Waals surface area contributed by atoms with Gasteiger partial charge < -0.3 is 9.80 Å². The van der Waals surface area contributed by atoms with E-state index in [-0.39, 0.29) is 28.6 Å². The summed E-state index contributed by atoms with van der Waals surface area (Å²) in [7, 11) is 0. The number of alkyl halides is 1. The Balaban J connectivity index is 0.994. The van der Waals surface area contributed by atoms with Gasteiger partial charge in [-0.05, 0) is 152 Å². The summed E-state index contributed by atoms with van der Waals surface area (Å²) >= 11 is 1.85. The lowest BCUT2D eigenvalue weighted by molar-refractivity contribution is 0.145. The molecule has 4 unspecified atom stereocenters. The van der Waals surface area contributed by atoms with E-state index in [1.54, 1.807) is 6.92 Å². The summed E-state index contributed by atoms with van der Waals surface area (Å²) in [6.07, 6.45) is 21.4. The summed E-state index contributed by atoms with van der Waals surface area (Å²) < 4.78 is 39.4. The van der Waals surface area contributed by atoms with Gasteiger partial charge in [-0.25, -0.2) is 8.78 Å². The van der Waals surface area contributed by atoms with Gasteiger partial charge in [0.1, 0.15) is 0 Å². The Hall–Kier alpha value is -8.12. The third kappa shape index (κ3) is 9.95. The van der Waals surface area contributed by atoms with Crippen molar-refractivity contribution in [1.29, 1.82) is 0 Å². The van der Waals surface area contributed by atoms with Gasteiger partial charge in [0.2, 0.25) is 0 Å². The lowest BCUT2D eigenvalue weighted by Gasteiger charge is -2.47. The summed E-state index contributed by atoms with van der Waals surface area (Å²) in [5.41, 5.74) is 14.3. The Bertz CT molecular complexity index is 4210. The zero-order valence-corrected chi connectivity index (χ0v) is 49.8. The maximum Gasteiger partial charge on any atom is 0.157 e. The quantitative estimate of drug-likeness (QED) is 0.135. The highest BCUT2D eigenvalue weighted by Crippen LogP contribution is 2.52. The first-order chi connectivity index (χ1) is 40.0. The van der Waals surface area contributed by atoms with Crippen LogP contribution in [0.15, 0.2) is 241 Å². The molecule has 2 nitrogen and oxygen atoms in total. The number of hydrogen-bond donors (Lipinski definition) is 0. The second-order valence-corrected chi connectivity index (χ2v) is 26.6. The van der Waals surface area contributed by atoms with Crippen LogP contribution in [-0.2, 0) is 6.42 Å². The van der Waals surface area contributed by atoms with Crippen LogP contribution >= 0.6 is 11.3 Å². The molecule has 4 aliphatic carbocycles. The molecule has 0 saturated carbocycles. The normalized spacial score (nSPS) is 20.0. The molecule has 13 rings (SSSR count). The molecule has 0 amide bonds. The zero-order valence-electron chi connectivity index (χ0n) is 49.0. The molecular formula is C78H72F2N2S. The van der Waals surface area contributed by atoms with E-state index in [1.165, 1.54) is 48.5 Å². The molecule has 9 aromatic rings. The van der Waals surface area contributed by atoms with Gasteiger partial charge in [0.05, 0.1) is 17.8 Å². The van der Waals surface area contributed by atoms with Crippen LogP contribution in [0.5, 0.6) is 0 Å². The van der Waals surface area contributed by atoms with Crippen molar-refractivity contribution in [2.24, 2.45) is 16.7 Å². The number of benzene rings is 8. The topological polar surface area (TPSA) is 6.48 Å². The smallest absolute Gasteiger partial charge is 0.157 e. The number of aryl methyl sites for hydroxylation is 1. The van der Waals surface area contributed by atoms with Gasteiger partial charge in [-0.1, -0.05) is 236 Å². The average Bonchev–Trinajstić information content (AvgIpc) is 2.65. The van der Waals surface area contributed by atoms with E-state index in [0.29, 0.717) is 16.8 Å². The molecule has 414 valence electrons. The highest BCUT2D eigenvalue weighted by atomic mass is 32.1. The van der Waals surface area contributed by atoms with Crippen LogP contribution in [0.3, 0.4) is 0 Å². The number of anilines is 2. The van der Waals surface area contributed by atoms with Crippen molar-refractivity contribution in [2.75, 3.05) is 4.90 Å². The van der Waals surface area contributed by atoms with Gasteiger partial charge in [-0.3, -0.25) is 0 Å². The largest absolute Gasteiger partial charge is 0.338 e. The zero-order chi connectivity index (χ0) is 57.4. The van der Waals surface area contributed by atoms with Gasteiger partial charge in [0.15, 0.2) is 11.5 Å². The minimum Gasteiger partial charge on any atom is -0.338 e. The van der Waals surface area contributed by atoms with Gasteiger partial charge in [0, 0.05) is 48.7 Å². The number of thiophene rings is 1. The summed E-state index contributed by atoms with van der Waals surface area (Å²) in [5.74, 6) is -0.102. The fourth-order valence-electron chi connectivity index (χ4n) is 13.5. The van der Waals surface area contributed by atoms with Crippen molar-refractivity contribution in [3.8, 4) is 22.3 Å². The molecule has 1 heterocycles. The molecule has 0 spiro atoms. The SMILES string of the molecule is CC1CC(C(C)(C)C)=CC=C1N(C1=Cc2c(c3sc4cc(N(c5cc(-c6ccccc6)cc(-c6ccccc6)c5F)C5C=CC(C(C)(C)C)=CC5)ccc4c3c3ccccc23)CC1)C1C=C(c2ccccc2)C=C(c2ccccc2)C1(C)F. The molecule has 0 radical (unpaired) electrons. The van der Waals surface area contributed by atoms with Crippen molar-refractivity contribution >= 4 is 70.9 Å². The molecule has 8 aromatic carbocycles. The first-order valence-corrected chi connectivity index (χ1v) is 30.5. The molecular weight excluding hydrogens is 1030 g/mol. The second-order valence-electron chi connectivity index (χ2n) is 25.5. The Morgan fingerprint density at radius 3 is 1.89 bits per heavy atom. The molecule has 0 N–H and O–H groups in total. The molecule has 4 atom stereocenters. The second kappa shape index (κ2) is 21.3. The third-order valence-corrected chi connectivity index (χ3v) is 19.2. The number of halogens is 2. The predicted molar refractivity (Wildman–Crippen MR) is 351 cm³/mol. The van der Waals surface area contributed by atoms with Crippen LogP contribution in [-0.4, -0.2) is 22.7 Å². The van der Waals surface area contributed by atoms with Crippen molar-refractivity contribution in [3.05, 3.63) is 269 Å². The molecule has 0 saturated heterocycles. The standard InChI is InChI=1S/C78H72F2N2S/c1-50-43-58(77(5,6)7)35-42-69(50)82(72-47-56(52-25-15-10-16-26-52)45-68(78(72,8)80)54-29-19-12-20-30-54)60-38-40-64-67(48-60)62-31-21-22-32-63(62)73-65-41-39-61(49-71(65)83-75(64)73)81(59-36-33-57(34-37-59)76(2,3)4)70-46-55(51-23-13-9-14-24-51)44-66(74(70)79)53-27-17-11-18-28-53/h9-36,39,41-42,44-50,59,72H,37-38,40,43H2,1-8H3. The van der Waals surface area contributed by atoms with Gasteiger partial charge >= 0.3 is 0 Å². The van der Waals surface area contributed by atoms with Crippen LogP contribution in [0, 0.1) is 22.6 Å². The van der Waals surface area contributed by atoms with Crippen LogP contribution in [0.4, 0.5) is 20.2 Å². The summed E-state index contributed by atoms with van der Waals surface area (Å²) in [4.78, 5) is 4.67. The van der Waals surface area contributed by atoms with Gasteiger partial charge in [0.25, 0.3) is 0 Å². The number of nitrogens with zero attached hydrogens (tertiary/aromatic N) is 2.